The number of carbonyl (C=O) groups excluding carboxylic acids is 1. The Morgan fingerprint density at radius 1 is 1.38 bits per heavy atom. The van der Waals surface area contributed by atoms with Crippen LogP contribution >= 0.6 is 11.6 Å². The van der Waals surface area contributed by atoms with Gasteiger partial charge >= 0.3 is 5.97 Å². The lowest BCUT2D eigenvalue weighted by atomic mass is 10.1. The molecule has 0 unspecified atom stereocenters. The summed E-state index contributed by atoms with van der Waals surface area (Å²) < 4.78 is 1.70. The van der Waals surface area contributed by atoms with Gasteiger partial charge in [-0.25, -0.2) is 4.79 Å². The number of carbonyl (C=O) groups is 2. The normalized spacial score (nSPS) is 10.4. The van der Waals surface area contributed by atoms with Crippen molar-refractivity contribution in [3.05, 3.63) is 52.3 Å². The third-order valence-corrected chi connectivity index (χ3v) is 3.38. The number of nitrogens with zero attached hydrogens (tertiary/aromatic N) is 1. The molecular weight excluding hydrogens is 292 g/mol. The minimum absolute atomic E-state index is 0.0894. The molecule has 2 N–H and O–H groups in total. The Bertz CT molecular complexity index is 707. The van der Waals surface area contributed by atoms with E-state index in [-0.39, 0.29) is 11.3 Å². The van der Waals surface area contributed by atoms with E-state index in [0.717, 1.165) is 0 Å². The molecule has 0 spiro atoms. The van der Waals surface area contributed by atoms with Gasteiger partial charge in [-0.15, -0.1) is 0 Å². The van der Waals surface area contributed by atoms with Gasteiger partial charge in [0.05, 0.1) is 16.3 Å². The maximum absolute atomic E-state index is 12.3. The minimum Gasteiger partial charge on any atom is -0.478 e. The summed E-state index contributed by atoms with van der Waals surface area (Å²) in [6, 6.07) is 6.50. The fourth-order valence-electron chi connectivity index (χ4n) is 2.17. The summed E-state index contributed by atoms with van der Waals surface area (Å²) in [5.41, 5.74) is 1.34. The molecule has 1 heterocycles. The summed E-state index contributed by atoms with van der Waals surface area (Å²) >= 11 is 5.90. The van der Waals surface area contributed by atoms with Crippen molar-refractivity contribution in [2.24, 2.45) is 0 Å². The molecule has 1 aromatic carbocycles. The number of aromatic carboxylic acids is 1. The van der Waals surface area contributed by atoms with Crippen molar-refractivity contribution in [3.8, 4) is 0 Å². The monoisotopic (exact) mass is 306 g/mol. The van der Waals surface area contributed by atoms with Crippen LogP contribution in [0.5, 0.6) is 0 Å². The average Bonchev–Trinajstić information content (AvgIpc) is 2.79. The van der Waals surface area contributed by atoms with Gasteiger partial charge in [0.2, 0.25) is 0 Å². The fourth-order valence-corrected chi connectivity index (χ4v) is 2.39. The first-order chi connectivity index (χ1) is 9.93. The maximum atomic E-state index is 12.3. The molecule has 0 aliphatic rings. The Kier molecular flexibility index (Phi) is 4.33. The van der Waals surface area contributed by atoms with Gasteiger partial charge in [-0.1, -0.05) is 23.7 Å². The van der Waals surface area contributed by atoms with Crippen molar-refractivity contribution >= 4 is 29.2 Å². The van der Waals surface area contributed by atoms with E-state index in [1.54, 1.807) is 42.0 Å². The number of aryl methyl sites for hydroxylation is 2. The fraction of sp³-hybridized carbons (Fsp3) is 0.200. The lowest BCUT2D eigenvalue weighted by Gasteiger charge is -2.11. The first kappa shape index (κ1) is 15.1. The molecule has 1 amide bonds. The van der Waals surface area contributed by atoms with Crippen LogP contribution in [0.1, 0.15) is 33.3 Å². The van der Waals surface area contributed by atoms with Crippen molar-refractivity contribution in [3.63, 3.8) is 0 Å². The molecule has 5 nitrogen and oxygen atoms in total. The summed E-state index contributed by atoms with van der Waals surface area (Å²) in [4.78, 5) is 23.6. The molecule has 0 aliphatic heterocycles. The molecule has 6 heteroatoms. The van der Waals surface area contributed by atoms with Crippen molar-refractivity contribution in [2.75, 3.05) is 5.32 Å². The quantitative estimate of drug-likeness (QED) is 0.909. The topological polar surface area (TPSA) is 71.3 Å². The van der Waals surface area contributed by atoms with Crippen LogP contribution in [-0.4, -0.2) is 21.6 Å². The number of amides is 1. The van der Waals surface area contributed by atoms with Crippen LogP contribution < -0.4 is 5.32 Å². The van der Waals surface area contributed by atoms with Gasteiger partial charge < -0.3 is 15.0 Å². The largest absolute Gasteiger partial charge is 0.478 e. The second-order valence-corrected chi connectivity index (χ2v) is 5.02. The van der Waals surface area contributed by atoms with Crippen LogP contribution in [0.3, 0.4) is 0 Å². The molecule has 0 saturated carbocycles. The number of hydrogen-bond acceptors (Lipinski definition) is 2. The number of hydrogen-bond donors (Lipinski definition) is 2. The maximum Gasteiger partial charge on any atom is 0.338 e. The smallest absolute Gasteiger partial charge is 0.338 e. The summed E-state index contributed by atoms with van der Waals surface area (Å²) in [5, 5.41) is 12.4. The molecule has 0 radical (unpaired) electrons. The highest BCUT2D eigenvalue weighted by molar-refractivity contribution is 6.31. The number of anilines is 1. The molecule has 110 valence electrons. The van der Waals surface area contributed by atoms with E-state index in [1.165, 1.54) is 0 Å². The standard InChI is InChI=1S/C15H15ClN2O3/c1-3-18-8-10(16)7-12(18)14(19)17-11-6-4-5-9(2)13(11)15(20)21/h4-8H,3H2,1-2H3,(H,17,19)(H,20,21). The van der Waals surface area contributed by atoms with Gasteiger partial charge in [0.15, 0.2) is 0 Å². The van der Waals surface area contributed by atoms with Crippen LogP contribution in [0.25, 0.3) is 0 Å². The van der Waals surface area contributed by atoms with Crippen LogP contribution in [0.15, 0.2) is 30.5 Å². The van der Waals surface area contributed by atoms with Crippen LogP contribution in [0, 0.1) is 6.92 Å². The second kappa shape index (κ2) is 6.01. The van der Waals surface area contributed by atoms with E-state index in [4.69, 9.17) is 11.6 Å². The third-order valence-electron chi connectivity index (χ3n) is 3.17. The van der Waals surface area contributed by atoms with E-state index < -0.39 is 11.9 Å². The molecule has 1 aromatic heterocycles. The van der Waals surface area contributed by atoms with E-state index in [1.807, 2.05) is 6.92 Å². The Morgan fingerprint density at radius 3 is 2.71 bits per heavy atom. The lowest BCUT2D eigenvalue weighted by molar-refractivity contribution is 0.0697. The highest BCUT2D eigenvalue weighted by Crippen LogP contribution is 2.21. The predicted octanol–water partition coefficient (Wildman–Crippen LogP) is 3.42. The minimum atomic E-state index is -1.08. The zero-order valence-corrected chi connectivity index (χ0v) is 12.4. The number of aromatic nitrogens is 1. The molecule has 0 aliphatic carbocycles. The Hall–Kier alpha value is -2.27. The summed E-state index contributed by atoms with van der Waals surface area (Å²) in [6.45, 7) is 4.17. The van der Waals surface area contributed by atoms with Crippen LogP contribution in [-0.2, 0) is 6.54 Å². The third kappa shape index (κ3) is 3.08. The lowest BCUT2D eigenvalue weighted by Crippen LogP contribution is -2.18. The Balaban J connectivity index is 2.36. The number of rotatable bonds is 4. The zero-order valence-electron chi connectivity index (χ0n) is 11.7. The summed E-state index contributed by atoms with van der Waals surface area (Å²) in [7, 11) is 0. The second-order valence-electron chi connectivity index (χ2n) is 4.59. The summed E-state index contributed by atoms with van der Waals surface area (Å²) in [5.74, 6) is -1.47. The van der Waals surface area contributed by atoms with E-state index in [2.05, 4.69) is 5.32 Å². The number of carboxylic acid groups (broad SMARTS) is 1. The Labute approximate surface area is 127 Å². The van der Waals surface area contributed by atoms with Crippen molar-refractivity contribution in [2.45, 2.75) is 20.4 Å². The molecule has 0 atom stereocenters. The number of benzene rings is 1. The van der Waals surface area contributed by atoms with Crippen molar-refractivity contribution in [1.82, 2.24) is 4.57 Å². The van der Waals surface area contributed by atoms with Crippen molar-refractivity contribution < 1.29 is 14.7 Å². The first-order valence-corrected chi connectivity index (χ1v) is 6.81. The highest BCUT2D eigenvalue weighted by atomic mass is 35.5. The van der Waals surface area contributed by atoms with E-state index in [0.29, 0.717) is 22.8 Å². The summed E-state index contributed by atoms with van der Waals surface area (Å²) in [6.07, 6.45) is 1.66. The van der Waals surface area contributed by atoms with Crippen LogP contribution in [0.2, 0.25) is 5.02 Å². The van der Waals surface area contributed by atoms with Gasteiger partial charge in [0.1, 0.15) is 5.69 Å². The van der Waals surface area contributed by atoms with E-state index in [9.17, 15) is 14.7 Å². The van der Waals surface area contributed by atoms with E-state index >= 15 is 0 Å². The van der Waals surface area contributed by atoms with Crippen molar-refractivity contribution in [1.29, 1.82) is 0 Å². The van der Waals surface area contributed by atoms with Gasteiger partial charge in [-0.3, -0.25) is 4.79 Å². The van der Waals surface area contributed by atoms with Gasteiger partial charge in [-0.05, 0) is 31.5 Å². The highest BCUT2D eigenvalue weighted by Gasteiger charge is 2.18. The number of halogens is 1. The molecule has 2 aromatic rings. The van der Waals surface area contributed by atoms with Crippen LogP contribution in [0.4, 0.5) is 5.69 Å². The predicted molar refractivity (Wildman–Crippen MR) is 81.2 cm³/mol. The molecule has 0 fully saturated rings. The molecule has 0 bridgehead atoms. The molecule has 21 heavy (non-hydrogen) atoms. The zero-order chi connectivity index (χ0) is 15.6. The average molecular weight is 307 g/mol. The number of nitrogens with one attached hydrogen (secondary N) is 1. The number of carboxylic acids is 1. The SMILES string of the molecule is CCn1cc(Cl)cc1C(=O)Nc1cccc(C)c1C(=O)O. The first-order valence-electron chi connectivity index (χ1n) is 6.44. The molecule has 2 rings (SSSR count). The molecule has 0 saturated heterocycles. The van der Waals surface area contributed by atoms with Gasteiger partial charge in [0, 0.05) is 12.7 Å². The van der Waals surface area contributed by atoms with Gasteiger partial charge in [-0.2, -0.15) is 0 Å². The molecular formula is C15H15ClN2O3. The Morgan fingerprint density at radius 2 is 2.10 bits per heavy atom. The van der Waals surface area contributed by atoms with Gasteiger partial charge in [0.25, 0.3) is 5.91 Å².